The molecule has 0 spiro atoms. The van der Waals surface area contributed by atoms with Gasteiger partial charge in [0.25, 0.3) is 10.0 Å². The van der Waals surface area contributed by atoms with E-state index in [1.165, 1.54) is 6.20 Å². The van der Waals surface area contributed by atoms with Gasteiger partial charge in [0.2, 0.25) is 0 Å². The highest BCUT2D eigenvalue weighted by molar-refractivity contribution is 7.89. The Balaban J connectivity index is 2.13. The summed E-state index contributed by atoms with van der Waals surface area (Å²) in [5.41, 5.74) is 0.772. The van der Waals surface area contributed by atoms with Crippen molar-refractivity contribution in [1.29, 1.82) is 0 Å². The SMILES string of the molecule is CCc1ncc(S(=O)(=O)NCc2ccccc2OC)[nH]1. The minimum absolute atomic E-state index is 0.0734. The highest BCUT2D eigenvalue weighted by Gasteiger charge is 2.17. The zero-order valence-electron chi connectivity index (χ0n) is 11.4. The maximum atomic E-state index is 12.1. The Kier molecular flexibility index (Phi) is 4.41. The highest BCUT2D eigenvalue weighted by atomic mass is 32.2. The van der Waals surface area contributed by atoms with Crippen molar-refractivity contribution >= 4 is 10.0 Å². The topological polar surface area (TPSA) is 84.1 Å². The smallest absolute Gasteiger partial charge is 0.257 e. The summed E-state index contributed by atoms with van der Waals surface area (Å²) in [4.78, 5) is 6.77. The molecule has 0 aliphatic carbocycles. The summed E-state index contributed by atoms with van der Waals surface area (Å²) in [6, 6.07) is 7.26. The molecule has 1 aromatic carbocycles. The molecule has 1 heterocycles. The van der Waals surface area contributed by atoms with E-state index in [9.17, 15) is 8.42 Å². The molecule has 0 bridgehead atoms. The molecular weight excluding hydrogens is 278 g/mol. The third kappa shape index (κ3) is 3.17. The number of ether oxygens (including phenoxy) is 1. The first kappa shape index (κ1) is 14.5. The molecule has 20 heavy (non-hydrogen) atoms. The van der Waals surface area contributed by atoms with Crippen LogP contribution in [0.1, 0.15) is 18.3 Å². The van der Waals surface area contributed by atoms with Gasteiger partial charge in [-0.15, -0.1) is 0 Å². The molecule has 0 aliphatic heterocycles. The molecule has 0 fully saturated rings. The fraction of sp³-hybridized carbons (Fsp3) is 0.308. The minimum atomic E-state index is -3.60. The van der Waals surface area contributed by atoms with E-state index in [0.717, 1.165) is 5.56 Å². The van der Waals surface area contributed by atoms with Crippen LogP contribution < -0.4 is 9.46 Å². The van der Waals surface area contributed by atoms with Gasteiger partial charge in [-0.1, -0.05) is 25.1 Å². The molecule has 0 atom stereocenters. The fourth-order valence-corrected chi connectivity index (χ4v) is 2.70. The number of imidazole rings is 1. The van der Waals surface area contributed by atoms with Gasteiger partial charge in [-0.05, 0) is 6.07 Å². The second-order valence-corrected chi connectivity index (χ2v) is 5.92. The van der Waals surface area contributed by atoms with Gasteiger partial charge in [-0.3, -0.25) is 0 Å². The number of benzene rings is 1. The monoisotopic (exact) mass is 295 g/mol. The van der Waals surface area contributed by atoms with Crippen molar-refractivity contribution in [2.75, 3.05) is 7.11 Å². The van der Waals surface area contributed by atoms with Gasteiger partial charge < -0.3 is 9.72 Å². The number of aromatic amines is 1. The normalized spacial score (nSPS) is 11.5. The number of nitrogens with one attached hydrogen (secondary N) is 2. The van der Waals surface area contributed by atoms with Crippen molar-refractivity contribution < 1.29 is 13.2 Å². The van der Waals surface area contributed by atoms with E-state index >= 15 is 0 Å². The summed E-state index contributed by atoms with van der Waals surface area (Å²) in [6.07, 6.45) is 1.98. The van der Waals surface area contributed by atoms with Crippen LogP contribution in [0.15, 0.2) is 35.5 Å². The van der Waals surface area contributed by atoms with E-state index in [1.807, 2.05) is 25.1 Å². The molecule has 0 radical (unpaired) electrons. The maximum absolute atomic E-state index is 12.1. The Morgan fingerprint density at radius 1 is 1.35 bits per heavy atom. The maximum Gasteiger partial charge on any atom is 0.257 e. The Morgan fingerprint density at radius 2 is 2.10 bits per heavy atom. The highest BCUT2D eigenvalue weighted by Crippen LogP contribution is 2.17. The van der Waals surface area contributed by atoms with Crippen LogP contribution in [-0.2, 0) is 23.0 Å². The minimum Gasteiger partial charge on any atom is -0.496 e. The van der Waals surface area contributed by atoms with Gasteiger partial charge in [0.05, 0.1) is 13.3 Å². The first-order valence-corrected chi connectivity index (χ1v) is 7.70. The lowest BCUT2D eigenvalue weighted by molar-refractivity contribution is 0.409. The van der Waals surface area contributed by atoms with E-state index in [0.29, 0.717) is 18.0 Å². The third-order valence-corrected chi connectivity index (χ3v) is 4.19. The lowest BCUT2D eigenvalue weighted by Crippen LogP contribution is -2.23. The van der Waals surface area contributed by atoms with Crippen LogP contribution in [0.25, 0.3) is 0 Å². The molecule has 0 aliphatic rings. The predicted molar refractivity (Wildman–Crippen MR) is 75.0 cm³/mol. The van der Waals surface area contributed by atoms with Gasteiger partial charge >= 0.3 is 0 Å². The van der Waals surface area contributed by atoms with Gasteiger partial charge in [0.1, 0.15) is 11.6 Å². The summed E-state index contributed by atoms with van der Waals surface area (Å²) in [5, 5.41) is 0.0734. The van der Waals surface area contributed by atoms with Crippen molar-refractivity contribution in [3.05, 3.63) is 41.9 Å². The second kappa shape index (κ2) is 6.06. The van der Waals surface area contributed by atoms with Crippen LogP contribution in [0.5, 0.6) is 5.75 Å². The van der Waals surface area contributed by atoms with E-state index in [4.69, 9.17) is 4.74 Å². The molecule has 0 unspecified atom stereocenters. The molecule has 2 N–H and O–H groups in total. The number of methoxy groups -OCH3 is 1. The number of aromatic nitrogens is 2. The molecular formula is C13H17N3O3S. The van der Waals surface area contributed by atoms with E-state index in [-0.39, 0.29) is 11.6 Å². The molecule has 0 saturated heterocycles. The molecule has 1 aromatic heterocycles. The summed E-state index contributed by atoms with van der Waals surface area (Å²) < 4.78 is 31.9. The van der Waals surface area contributed by atoms with Crippen molar-refractivity contribution in [3.63, 3.8) is 0 Å². The number of sulfonamides is 1. The first-order chi connectivity index (χ1) is 9.56. The number of H-pyrrole nitrogens is 1. The van der Waals surface area contributed by atoms with Crippen LogP contribution in [-0.4, -0.2) is 25.5 Å². The number of nitrogens with zero attached hydrogens (tertiary/aromatic N) is 1. The summed E-state index contributed by atoms with van der Waals surface area (Å²) in [6.45, 7) is 2.06. The van der Waals surface area contributed by atoms with Gasteiger partial charge in [0, 0.05) is 18.5 Å². The second-order valence-electron chi connectivity index (χ2n) is 4.18. The largest absolute Gasteiger partial charge is 0.496 e. The van der Waals surface area contributed by atoms with Crippen LogP contribution in [0.2, 0.25) is 0 Å². The van der Waals surface area contributed by atoms with Crippen molar-refractivity contribution in [3.8, 4) is 5.75 Å². The molecule has 2 rings (SSSR count). The zero-order chi connectivity index (χ0) is 14.6. The van der Waals surface area contributed by atoms with Crippen molar-refractivity contribution in [1.82, 2.24) is 14.7 Å². The van der Waals surface area contributed by atoms with E-state index < -0.39 is 10.0 Å². The Bertz CT molecular complexity index is 680. The zero-order valence-corrected chi connectivity index (χ0v) is 12.2. The number of rotatable bonds is 6. The number of hydrogen-bond acceptors (Lipinski definition) is 4. The van der Waals surface area contributed by atoms with Gasteiger partial charge in [-0.2, -0.15) is 0 Å². The molecule has 6 nitrogen and oxygen atoms in total. The molecule has 0 amide bonds. The first-order valence-electron chi connectivity index (χ1n) is 6.22. The molecule has 2 aromatic rings. The van der Waals surface area contributed by atoms with Gasteiger partial charge in [0.15, 0.2) is 5.03 Å². The van der Waals surface area contributed by atoms with E-state index in [2.05, 4.69) is 14.7 Å². The van der Waals surface area contributed by atoms with Crippen LogP contribution in [0.4, 0.5) is 0 Å². The number of para-hydroxylation sites is 1. The average molecular weight is 295 g/mol. The molecule has 108 valence electrons. The quantitative estimate of drug-likeness (QED) is 0.845. The third-order valence-electron chi connectivity index (χ3n) is 2.87. The Morgan fingerprint density at radius 3 is 2.75 bits per heavy atom. The fourth-order valence-electron chi connectivity index (χ4n) is 1.76. The van der Waals surface area contributed by atoms with Crippen LogP contribution in [0, 0.1) is 0 Å². The number of hydrogen-bond donors (Lipinski definition) is 2. The summed E-state index contributed by atoms with van der Waals surface area (Å²) in [7, 11) is -2.04. The van der Waals surface area contributed by atoms with Crippen molar-refractivity contribution in [2.24, 2.45) is 0 Å². The molecule has 0 saturated carbocycles. The van der Waals surface area contributed by atoms with Crippen LogP contribution >= 0.6 is 0 Å². The Hall–Kier alpha value is -1.86. The number of aryl methyl sites for hydroxylation is 1. The van der Waals surface area contributed by atoms with E-state index in [1.54, 1.807) is 13.2 Å². The lowest BCUT2D eigenvalue weighted by atomic mass is 10.2. The average Bonchev–Trinajstić information content (AvgIpc) is 2.95. The Labute approximate surface area is 118 Å². The summed E-state index contributed by atoms with van der Waals surface area (Å²) in [5.74, 6) is 1.29. The molecule has 7 heteroatoms. The standard InChI is InChI=1S/C13H17N3O3S/c1-3-12-14-9-13(16-12)20(17,18)15-8-10-6-4-5-7-11(10)19-2/h4-7,9,15H,3,8H2,1-2H3,(H,14,16). The predicted octanol–water partition coefficient (Wildman–Crippen LogP) is 1.46. The van der Waals surface area contributed by atoms with Crippen LogP contribution in [0.3, 0.4) is 0 Å². The summed E-state index contributed by atoms with van der Waals surface area (Å²) >= 11 is 0. The van der Waals surface area contributed by atoms with Crippen molar-refractivity contribution in [2.45, 2.75) is 24.9 Å². The van der Waals surface area contributed by atoms with Gasteiger partial charge in [-0.25, -0.2) is 18.1 Å². The lowest BCUT2D eigenvalue weighted by Gasteiger charge is -2.09.